The van der Waals surface area contributed by atoms with Gasteiger partial charge in [-0.05, 0) is 36.1 Å². The fourth-order valence-electron chi connectivity index (χ4n) is 2.64. The Kier molecular flexibility index (Phi) is 4.73. The van der Waals surface area contributed by atoms with E-state index < -0.39 is 41.6 Å². The maximum Gasteiger partial charge on any atom is 0.325 e. The maximum atomic E-state index is 13.5. The van der Waals surface area contributed by atoms with E-state index in [-0.39, 0.29) is 5.56 Å². The van der Waals surface area contributed by atoms with E-state index in [1.54, 1.807) is 0 Å². The molecular formula is C17H15F2N3O3S. The number of nitrogens with one attached hydrogen (secondary N) is 2. The van der Waals surface area contributed by atoms with E-state index in [1.165, 1.54) is 24.3 Å². The van der Waals surface area contributed by atoms with Crippen LogP contribution in [0.3, 0.4) is 0 Å². The minimum Gasteiger partial charge on any atom is -0.350 e. The van der Waals surface area contributed by atoms with Crippen LogP contribution in [0, 0.1) is 11.6 Å². The number of benzene rings is 1. The maximum absolute atomic E-state index is 13.5. The van der Waals surface area contributed by atoms with Crippen molar-refractivity contribution in [2.45, 2.75) is 19.0 Å². The summed E-state index contributed by atoms with van der Waals surface area (Å²) < 4.78 is 26.6. The molecule has 6 nitrogen and oxygen atoms in total. The van der Waals surface area contributed by atoms with E-state index in [2.05, 4.69) is 10.6 Å². The molecule has 4 amide bonds. The van der Waals surface area contributed by atoms with Crippen LogP contribution in [-0.2, 0) is 21.7 Å². The number of rotatable bonds is 5. The van der Waals surface area contributed by atoms with E-state index in [0.717, 1.165) is 21.9 Å². The minimum atomic E-state index is -1.57. The summed E-state index contributed by atoms with van der Waals surface area (Å²) in [5, 5.41) is 6.93. The van der Waals surface area contributed by atoms with Crippen molar-refractivity contribution >= 4 is 29.2 Å². The molecule has 0 spiro atoms. The Morgan fingerprint density at radius 2 is 2.04 bits per heavy atom. The molecular weight excluding hydrogens is 364 g/mol. The topological polar surface area (TPSA) is 78.5 Å². The monoisotopic (exact) mass is 379 g/mol. The molecule has 26 heavy (non-hydrogen) atoms. The Bertz CT molecular complexity index is 872. The smallest absolute Gasteiger partial charge is 0.325 e. The lowest BCUT2D eigenvalue weighted by atomic mass is 9.92. The van der Waals surface area contributed by atoms with Gasteiger partial charge >= 0.3 is 6.03 Å². The Morgan fingerprint density at radius 1 is 1.27 bits per heavy atom. The molecule has 0 saturated carbocycles. The van der Waals surface area contributed by atoms with Crippen molar-refractivity contribution in [2.75, 3.05) is 6.54 Å². The van der Waals surface area contributed by atoms with Gasteiger partial charge in [0.25, 0.3) is 5.91 Å². The zero-order chi connectivity index (χ0) is 18.9. The Balaban J connectivity index is 1.71. The number of carbonyl (C=O) groups excluding carboxylic acids is 3. The first-order valence-electron chi connectivity index (χ1n) is 7.70. The average molecular weight is 379 g/mol. The summed E-state index contributed by atoms with van der Waals surface area (Å²) in [6.45, 7) is 1.21. The molecule has 1 aromatic heterocycles. The minimum absolute atomic E-state index is 0.0937. The van der Waals surface area contributed by atoms with Crippen molar-refractivity contribution in [1.29, 1.82) is 0 Å². The predicted octanol–water partition coefficient (Wildman–Crippen LogP) is 2.11. The van der Waals surface area contributed by atoms with Crippen molar-refractivity contribution in [3.63, 3.8) is 0 Å². The molecule has 136 valence electrons. The number of halogens is 2. The Labute approximate surface area is 151 Å². The molecule has 1 unspecified atom stereocenters. The number of urea groups is 1. The van der Waals surface area contributed by atoms with Crippen LogP contribution in [0.5, 0.6) is 0 Å². The van der Waals surface area contributed by atoms with Gasteiger partial charge in [0.15, 0.2) is 11.6 Å². The van der Waals surface area contributed by atoms with Gasteiger partial charge in [-0.1, -0.05) is 12.1 Å². The summed E-state index contributed by atoms with van der Waals surface area (Å²) in [5.41, 5.74) is -1.48. The second-order valence-electron chi connectivity index (χ2n) is 5.93. The van der Waals surface area contributed by atoms with Gasteiger partial charge in [0.1, 0.15) is 12.1 Å². The number of thiophene rings is 1. The summed E-state index contributed by atoms with van der Waals surface area (Å²) in [4.78, 5) is 38.5. The third kappa shape index (κ3) is 3.30. The van der Waals surface area contributed by atoms with E-state index >= 15 is 0 Å². The molecule has 0 radical (unpaired) electrons. The van der Waals surface area contributed by atoms with Crippen molar-refractivity contribution in [2.24, 2.45) is 0 Å². The average Bonchev–Trinajstić information content (AvgIpc) is 3.19. The second-order valence-corrected chi connectivity index (χ2v) is 6.96. The molecule has 1 saturated heterocycles. The van der Waals surface area contributed by atoms with E-state index in [1.807, 2.05) is 17.5 Å². The fraction of sp³-hybridized carbons (Fsp3) is 0.235. The van der Waals surface area contributed by atoms with Crippen molar-refractivity contribution < 1.29 is 23.2 Å². The first-order chi connectivity index (χ1) is 12.3. The molecule has 9 heteroatoms. The number of hydrogen-bond acceptors (Lipinski definition) is 4. The van der Waals surface area contributed by atoms with Gasteiger partial charge < -0.3 is 10.6 Å². The molecule has 2 heterocycles. The van der Waals surface area contributed by atoms with Gasteiger partial charge in [0.05, 0.1) is 6.54 Å². The molecule has 2 N–H and O–H groups in total. The highest BCUT2D eigenvalue weighted by atomic mass is 32.1. The SMILES string of the molecule is CC1(c2ccc(F)c(F)c2)NC(=O)N(CC(=O)NCc2cccs2)C1=O. The van der Waals surface area contributed by atoms with Gasteiger partial charge in [-0.25, -0.2) is 13.6 Å². The lowest BCUT2D eigenvalue weighted by Crippen LogP contribution is -2.43. The summed E-state index contributed by atoms with van der Waals surface area (Å²) in [6.07, 6.45) is 0. The van der Waals surface area contributed by atoms with Crippen molar-refractivity contribution in [1.82, 2.24) is 15.5 Å². The van der Waals surface area contributed by atoms with Crippen LogP contribution in [0.15, 0.2) is 35.7 Å². The molecule has 0 aliphatic carbocycles. The highest BCUT2D eigenvalue weighted by Gasteiger charge is 2.49. The number of carbonyl (C=O) groups is 3. The number of amides is 4. The largest absolute Gasteiger partial charge is 0.350 e. The standard InChI is InChI=1S/C17H15F2N3O3S/c1-17(10-4-5-12(18)13(19)7-10)15(24)22(16(25)21-17)9-14(23)20-8-11-3-2-6-26-11/h2-7H,8-9H2,1H3,(H,20,23)(H,21,25). The van der Waals surface area contributed by atoms with Gasteiger partial charge in [0.2, 0.25) is 5.91 Å². The number of imide groups is 1. The second kappa shape index (κ2) is 6.83. The van der Waals surface area contributed by atoms with Crippen molar-refractivity contribution in [3.8, 4) is 0 Å². The first kappa shape index (κ1) is 18.0. The summed E-state index contributed by atoms with van der Waals surface area (Å²) in [7, 11) is 0. The molecule has 1 aliphatic rings. The number of hydrogen-bond donors (Lipinski definition) is 2. The highest BCUT2D eigenvalue weighted by molar-refractivity contribution is 7.09. The van der Waals surface area contributed by atoms with Gasteiger partial charge in [-0.3, -0.25) is 14.5 Å². The van der Waals surface area contributed by atoms with E-state index in [0.29, 0.717) is 6.54 Å². The summed E-state index contributed by atoms with van der Waals surface area (Å²) in [5.74, 6) is -3.40. The van der Waals surface area contributed by atoms with E-state index in [9.17, 15) is 23.2 Å². The van der Waals surface area contributed by atoms with Gasteiger partial charge in [-0.15, -0.1) is 11.3 Å². The van der Waals surface area contributed by atoms with Crippen LogP contribution in [-0.4, -0.2) is 29.3 Å². The highest BCUT2D eigenvalue weighted by Crippen LogP contribution is 2.29. The molecule has 0 bridgehead atoms. The van der Waals surface area contributed by atoms with Gasteiger partial charge in [0, 0.05) is 4.88 Å². The fourth-order valence-corrected chi connectivity index (χ4v) is 3.29. The summed E-state index contributed by atoms with van der Waals surface area (Å²) >= 11 is 1.47. The van der Waals surface area contributed by atoms with Gasteiger partial charge in [-0.2, -0.15) is 0 Å². The van der Waals surface area contributed by atoms with Crippen molar-refractivity contribution in [3.05, 3.63) is 57.8 Å². The van der Waals surface area contributed by atoms with Crippen LogP contribution in [0.4, 0.5) is 13.6 Å². The van der Waals surface area contributed by atoms with Crippen LogP contribution >= 0.6 is 11.3 Å². The number of nitrogens with zero attached hydrogens (tertiary/aromatic N) is 1. The third-order valence-electron chi connectivity index (χ3n) is 4.11. The van der Waals surface area contributed by atoms with E-state index in [4.69, 9.17) is 0 Å². The summed E-state index contributed by atoms with van der Waals surface area (Å²) in [6, 6.07) is 5.88. The molecule has 1 fully saturated rings. The lowest BCUT2D eigenvalue weighted by molar-refractivity contribution is -0.134. The molecule has 1 aliphatic heterocycles. The Hall–Kier alpha value is -2.81. The third-order valence-corrected chi connectivity index (χ3v) is 4.99. The van der Waals surface area contributed by atoms with Crippen LogP contribution in [0.2, 0.25) is 0 Å². The zero-order valence-corrected chi connectivity index (χ0v) is 14.5. The molecule has 1 aromatic carbocycles. The quantitative estimate of drug-likeness (QED) is 0.781. The molecule has 1 atom stereocenters. The zero-order valence-electron chi connectivity index (χ0n) is 13.7. The van der Waals surface area contributed by atoms with Crippen LogP contribution in [0.1, 0.15) is 17.4 Å². The predicted molar refractivity (Wildman–Crippen MR) is 90.1 cm³/mol. The first-order valence-corrected chi connectivity index (χ1v) is 8.58. The normalized spacial score (nSPS) is 19.6. The lowest BCUT2D eigenvalue weighted by Gasteiger charge is -2.22. The molecule has 3 rings (SSSR count). The Morgan fingerprint density at radius 3 is 2.69 bits per heavy atom. The van der Waals surface area contributed by atoms with Crippen LogP contribution in [0.25, 0.3) is 0 Å². The molecule has 2 aromatic rings. The van der Waals surface area contributed by atoms with Crippen LogP contribution < -0.4 is 10.6 Å².